The Morgan fingerprint density at radius 1 is 1.53 bits per heavy atom. The number of halogens is 1. The summed E-state index contributed by atoms with van der Waals surface area (Å²) in [5.41, 5.74) is -0.0741. The average molecular weight is 301 g/mol. The molecule has 1 aromatic rings. The average Bonchev–Trinajstić information content (AvgIpc) is 2.29. The largest absolute Gasteiger partial charge is 0.349 e. The monoisotopic (exact) mass is 300 g/mol. The van der Waals surface area contributed by atoms with Gasteiger partial charge < -0.3 is 5.32 Å². The van der Waals surface area contributed by atoms with E-state index in [4.69, 9.17) is 0 Å². The third-order valence-corrected chi connectivity index (χ3v) is 2.72. The van der Waals surface area contributed by atoms with Crippen LogP contribution in [0.5, 0.6) is 0 Å². The van der Waals surface area contributed by atoms with Crippen LogP contribution in [-0.2, 0) is 0 Å². The smallest absolute Gasteiger partial charge is 0.282 e. The number of hydrogen-bond acceptors (Lipinski definition) is 3. The second-order valence-corrected chi connectivity index (χ2v) is 4.42. The predicted octanol–water partition coefficient (Wildman–Crippen LogP) is 2.50. The Morgan fingerprint density at radius 2 is 2.18 bits per heavy atom. The van der Waals surface area contributed by atoms with E-state index in [1.165, 1.54) is 18.2 Å². The van der Waals surface area contributed by atoms with E-state index < -0.39 is 10.8 Å². The molecule has 6 heteroatoms. The van der Waals surface area contributed by atoms with E-state index in [1.807, 2.05) is 6.92 Å². The van der Waals surface area contributed by atoms with Gasteiger partial charge in [-0.25, -0.2) is 0 Å². The van der Waals surface area contributed by atoms with Gasteiger partial charge in [0, 0.05) is 17.4 Å². The molecule has 1 aromatic carbocycles. The molecule has 0 radical (unpaired) electrons. The van der Waals surface area contributed by atoms with Gasteiger partial charge in [-0.15, -0.1) is 0 Å². The van der Waals surface area contributed by atoms with E-state index in [9.17, 15) is 14.9 Å². The lowest BCUT2D eigenvalue weighted by atomic mass is 10.1. The number of nitro groups is 1. The molecule has 0 aliphatic carbocycles. The first-order chi connectivity index (χ1) is 8.06. The molecule has 17 heavy (non-hydrogen) atoms. The number of nitrogens with one attached hydrogen (secondary N) is 1. The van der Waals surface area contributed by atoms with Gasteiger partial charge in [0.25, 0.3) is 11.6 Å². The maximum Gasteiger partial charge on any atom is 0.282 e. The highest BCUT2D eigenvalue weighted by Crippen LogP contribution is 2.17. The minimum Gasteiger partial charge on any atom is -0.349 e. The number of alkyl halides is 1. The van der Waals surface area contributed by atoms with Crippen LogP contribution in [-0.4, -0.2) is 22.2 Å². The van der Waals surface area contributed by atoms with Crippen molar-refractivity contribution in [1.82, 2.24) is 5.32 Å². The number of nitrogens with zero attached hydrogens (tertiary/aromatic N) is 1. The van der Waals surface area contributed by atoms with Crippen molar-refractivity contribution in [3.63, 3.8) is 0 Å². The highest BCUT2D eigenvalue weighted by Gasteiger charge is 2.19. The van der Waals surface area contributed by atoms with Crippen LogP contribution in [0.3, 0.4) is 0 Å². The number of rotatable bonds is 5. The van der Waals surface area contributed by atoms with Crippen molar-refractivity contribution >= 4 is 27.5 Å². The van der Waals surface area contributed by atoms with Crippen molar-refractivity contribution in [3.05, 3.63) is 39.9 Å². The van der Waals surface area contributed by atoms with Crippen LogP contribution in [0.1, 0.15) is 23.7 Å². The van der Waals surface area contributed by atoms with Crippen LogP contribution in [0, 0.1) is 10.1 Å². The molecule has 5 nitrogen and oxygen atoms in total. The highest BCUT2D eigenvalue weighted by atomic mass is 79.9. The molecule has 0 saturated heterocycles. The topological polar surface area (TPSA) is 72.2 Å². The lowest BCUT2D eigenvalue weighted by Crippen LogP contribution is -2.33. The molecule has 1 amide bonds. The third kappa shape index (κ3) is 3.81. The zero-order valence-corrected chi connectivity index (χ0v) is 10.9. The number of amides is 1. The lowest BCUT2D eigenvalue weighted by molar-refractivity contribution is -0.385. The van der Waals surface area contributed by atoms with Crippen LogP contribution in [0.4, 0.5) is 5.69 Å². The molecular formula is C11H13BrN2O3. The van der Waals surface area contributed by atoms with Crippen molar-refractivity contribution in [2.45, 2.75) is 19.4 Å². The second-order valence-electron chi connectivity index (χ2n) is 3.63. The molecule has 0 aliphatic rings. The fourth-order valence-corrected chi connectivity index (χ4v) is 2.05. The van der Waals surface area contributed by atoms with Gasteiger partial charge in [0.2, 0.25) is 0 Å². The van der Waals surface area contributed by atoms with E-state index >= 15 is 0 Å². The highest BCUT2D eigenvalue weighted by molar-refractivity contribution is 9.09. The number of hydrogen-bond donors (Lipinski definition) is 1. The minimum atomic E-state index is -0.552. The van der Waals surface area contributed by atoms with Crippen molar-refractivity contribution in [3.8, 4) is 0 Å². The molecule has 1 unspecified atom stereocenters. The minimum absolute atomic E-state index is 0.0262. The summed E-state index contributed by atoms with van der Waals surface area (Å²) in [7, 11) is 0. The second kappa shape index (κ2) is 6.34. The quantitative estimate of drug-likeness (QED) is 0.516. The SMILES string of the molecule is CC(CCBr)NC(=O)c1ccccc1[N+](=O)[O-]. The Morgan fingerprint density at radius 3 is 2.76 bits per heavy atom. The fourth-order valence-electron chi connectivity index (χ4n) is 1.36. The first kappa shape index (κ1) is 13.6. The summed E-state index contributed by atoms with van der Waals surface area (Å²) in [4.78, 5) is 22.0. The van der Waals surface area contributed by atoms with Gasteiger partial charge in [-0.05, 0) is 19.4 Å². The number of carbonyl (C=O) groups excluding carboxylic acids is 1. The van der Waals surface area contributed by atoms with Crippen molar-refractivity contribution in [2.75, 3.05) is 5.33 Å². The summed E-state index contributed by atoms with van der Waals surface area (Å²) >= 11 is 3.27. The van der Waals surface area contributed by atoms with E-state index in [2.05, 4.69) is 21.2 Å². The summed E-state index contributed by atoms with van der Waals surface area (Å²) in [5.74, 6) is -0.411. The molecule has 0 aromatic heterocycles. The molecule has 0 aliphatic heterocycles. The molecule has 0 bridgehead atoms. The molecule has 0 heterocycles. The van der Waals surface area contributed by atoms with Gasteiger partial charge in [0.15, 0.2) is 0 Å². The molecule has 0 spiro atoms. The van der Waals surface area contributed by atoms with Crippen LogP contribution < -0.4 is 5.32 Å². The summed E-state index contributed by atoms with van der Waals surface area (Å²) in [6.45, 7) is 1.86. The number of para-hydroxylation sites is 1. The molecular weight excluding hydrogens is 288 g/mol. The molecule has 1 atom stereocenters. The van der Waals surface area contributed by atoms with Crippen LogP contribution in [0.15, 0.2) is 24.3 Å². The summed E-state index contributed by atoms with van der Waals surface area (Å²) < 4.78 is 0. The van der Waals surface area contributed by atoms with Crippen LogP contribution >= 0.6 is 15.9 Å². The normalized spacial score (nSPS) is 11.9. The zero-order chi connectivity index (χ0) is 12.8. The van der Waals surface area contributed by atoms with Crippen LogP contribution in [0.2, 0.25) is 0 Å². The molecule has 92 valence electrons. The Balaban J connectivity index is 2.85. The molecule has 0 saturated carbocycles. The summed E-state index contributed by atoms with van der Waals surface area (Å²) in [5, 5.41) is 14.2. The van der Waals surface area contributed by atoms with E-state index in [-0.39, 0.29) is 17.3 Å². The van der Waals surface area contributed by atoms with Gasteiger partial charge in [0.1, 0.15) is 5.56 Å². The first-order valence-corrected chi connectivity index (χ1v) is 6.28. The van der Waals surface area contributed by atoms with Crippen LogP contribution in [0.25, 0.3) is 0 Å². The van der Waals surface area contributed by atoms with Crippen molar-refractivity contribution in [2.24, 2.45) is 0 Å². The number of carbonyl (C=O) groups is 1. The Hall–Kier alpha value is -1.43. The van der Waals surface area contributed by atoms with Gasteiger partial charge in [-0.1, -0.05) is 28.1 Å². The molecule has 1 N–H and O–H groups in total. The maximum atomic E-state index is 11.8. The molecule has 1 rings (SSSR count). The summed E-state index contributed by atoms with van der Waals surface area (Å²) in [6, 6.07) is 5.90. The standard InChI is InChI=1S/C11H13BrN2O3/c1-8(6-7-12)13-11(15)9-4-2-3-5-10(9)14(16)17/h2-5,8H,6-7H2,1H3,(H,13,15). The van der Waals surface area contributed by atoms with Gasteiger partial charge in [0.05, 0.1) is 4.92 Å². The predicted molar refractivity (Wildman–Crippen MR) is 68.4 cm³/mol. The van der Waals surface area contributed by atoms with Crippen molar-refractivity contribution < 1.29 is 9.72 Å². The number of benzene rings is 1. The summed E-state index contributed by atoms with van der Waals surface area (Å²) in [6.07, 6.45) is 0.770. The van der Waals surface area contributed by atoms with Gasteiger partial charge in [-0.2, -0.15) is 0 Å². The van der Waals surface area contributed by atoms with E-state index in [0.29, 0.717) is 0 Å². The zero-order valence-electron chi connectivity index (χ0n) is 9.35. The third-order valence-electron chi connectivity index (χ3n) is 2.26. The lowest BCUT2D eigenvalue weighted by Gasteiger charge is -2.12. The first-order valence-electron chi connectivity index (χ1n) is 5.16. The Labute approximate surface area is 107 Å². The van der Waals surface area contributed by atoms with E-state index in [1.54, 1.807) is 6.07 Å². The van der Waals surface area contributed by atoms with Gasteiger partial charge >= 0.3 is 0 Å². The number of nitro benzene ring substituents is 1. The molecule has 0 fully saturated rings. The maximum absolute atomic E-state index is 11.8. The van der Waals surface area contributed by atoms with Crippen molar-refractivity contribution in [1.29, 1.82) is 0 Å². The van der Waals surface area contributed by atoms with E-state index in [0.717, 1.165) is 11.8 Å². The van der Waals surface area contributed by atoms with Gasteiger partial charge in [-0.3, -0.25) is 14.9 Å². The Kier molecular flexibility index (Phi) is 5.09. The fraction of sp³-hybridized carbons (Fsp3) is 0.364. The Bertz CT molecular complexity index is 423.